The largest absolute Gasteiger partial charge is 0.691 e. The first kappa shape index (κ1) is 12.9. The van der Waals surface area contributed by atoms with Crippen molar-refractivity contribution in [2.24, 2.45) is 0 Å². The van der Waals surface area contributed by atoms with Gasteiger partial charge in [-0.1, -0.05) is 12.1 Å². The van der Waals surface area contributed by atoms with Crippen LogP contribution in [0.2, 0.25) is 0 Å². The van der Waals surface area contributed by atoms with Crippen molar-refractivity contribution < 1.29 is 14.2 Å². The van der Waals surface area contributed by atoms with Crippen LogP contribution in [0.25, 0.3) is 11.0 Å². The van der Waals surface area contributed by atoms with Gasteiger partial charge in [-0.05, 0) is 16.8 Å². The topological polar surface area (TPSA) is 60.2 Å². The molecular weight excluding hydrogens is 258 g/mol. The zero-order valence-corrected chi connectivity index (χ0v) is 11.7. The van der Waals surface area contributed by atoms with Crippen LogP contribution >= 0.6 is 0 Å². The molecule has 1 aliphatic heterocycles. The highest BCUT2D eigenvalue weighted by Crippen LogP contribution is 2.10. The van der Waals surface area contributed by atoms with Crippen molar-refractivity contribution in [3.63, 3.8) is 0 Å². The van der Waals surface area contributed by atoms with Crippen molar-refractivity contribution in [3.8, 4) is 0 Å². The molecule has 2 heterocycles. The van der Waals surface area contributed by atoms with Crippen molar-refractivity contribution in [1.29, 1.82) is 0 Å². The van der Waals surface area contributed by atoms with Crippen molar-refractivity contribution in [2.45, 2.75) is 0 Å². The lowest BCUT2D eigenvalue weighted by Crippen LogP contribution is -2.48. The molecule has 0 aliphatic carbocycles. The molecule has 0 radical (unpaired) electrons. The Morgan fingerprint density at radius 2 is 2.00 bits per heavy atom. The molecule has 106 valence electrons. The van der Waals surface area contributed by atoms with Gasteiger partial charge in [0.15, 0.2) is 0 Å². The number of aromatic nitrogens is 3. The Balaban J connectivity index is 2.13. The molecule has 0 amide bonds. The molecule has 7 heteroatoms. The lowest BCUT2D eigenvalue weighted by atomic mass is 10.3. The van der Waals surface area contributed by atoms with Crippen molar-refractivity contribution in [2.75, 3.05) is 40.4 Å². The van der Waals surface area contributed by atoms with Gasteiger partial charge in [-0.2, -0.15) is 0 Å². The first-order valence-corrected chi connectivity index (χ1v) is 6.63. The van der Waals surface area contributed by atoms with E-state index in [2.05, 4.69) is 10.1 Å². The fraction of sp³-hybridized carbons (Fsp3) is 0.462. The number of para-hydroxylation sites is 2. The molecule has 7 nitrogen and oxygen atoms in total. The van der Waals surface area contributed by atoms with Crippen LogP contribution in [0.4, 0.5) is 0 Å². The van der Waals surface area contributed by atoms with Crippen LogP contribution < -0.4 is 4.85 Å². The number of nitrogens with zero attached hydrogens (tertiary/aromatic N) is 5. The lowest BCUT2D eigenvalue weighted by molar-refractivity contribution is -0.645. The Hall–Kier alpha value is -2.15. The molecule has 0 spiro atoms. The summed E-state index contributed by atoms with van der Waals surface area (Å²) in [6.07, 6.45) is 0. The molecule has 3 rings (SSSR count). The third-order valence-electron chi connectivity index (χ3n) is 3.37. The second kappa shape index (κ2) is 5.09. The summed E-state index contributed by atoms with van der Waals surface area (Å²) in [5.74, 6) is 0.888. The van der Waals surface area contributed by atoms with E-state index < -0.39 is 0 Å². The second-order valence-electron chi connectivity index (χ2n) is 4.96. The standard InChI is InChI=1S/C13H18N5O2/c1-15(2)13(16-7-9-20-10-8-16)17-11-5-3-4-6-12(11)18(19)14-17/h3-6H,7-10H2,1-2H3/q+1. The maximum Gasteiger partial charge on any atom is 0.412 e. The van der Waals surface area contributed by atoms with E-state index in [0.29, 0.717) is 23.6 Å². The van der Waals surface area contributed by atoms with Crippen molar-refractivity contribution in [1.82, 2.24) is 14.8 Å². The minimum atomic E-state index is 0.570. The molecule has 0 atom stereocenters. The molecule has 1 fully saturated rings. The molecule has 0 N–H and O–H groups in total. The maximum absolute atomic E-state index is 11.9. The van der Waals surface area contributed by atoms with Crippen LogP contribution in [0.3, 0.4) is 0 Å². The minimum Gasteiger partial charge on any atom is -0.691 e. The van der Waals surface area contributed by atoms with E-state index >= 15 is 0 Å². The summed E-state index contributed by atoms with van der Waals surface area (Å²) in [5.41, 5.74) is 1.37. The van der Waals surface area contributed by atoms with Gasteiger partial charge < -0.3 is 9.94 Å². The highest BCUT2D eigenvalue weighted by Gasteiger charge is 2.31. The summed E-state index contributed by atoms with van der Waals surface area (Å²) in [6.45, 7) is 2.96. The van der Waals surface area contributed by atoms with Gasteiger partial charge >= 0.3 is 5.96 Å². The average molecular weight is 276 g/mol. The number of hydrogen-bond donors (Lipinski definition) is 0. The quantitative estimate of drug-likeness (QED) is 0.281. The van der Waals surface area contributed by atoms with Crippen molar-refractivity contribution in [3.05, 3.63) is 29.5 Å². The van der Waals surface area contributed by atoms with E-state index in [9.17, 15) is 5.21 Å². The predicted octanol–water partition coefficient (Wildman–Crippen LogP) is -0.522. The summed E-state index contributed by atoms with van der Waals surface area (Å²) in [5, 5.41) is 16.0. The second-order valence-corrected chi connectivity index (χ2v) is 4.96. The summed E-state index contributed by atoms with van der Waals surface area (Å²) >= 11 is 0. The smallest absolute Gasteiger partial charge is 0.412 e. The van der Waals surface area contributed by atoms with Gasteiger partial charge in [0.1, 0.15) is 5.21 Å². The summed E-state index contributed by atoms with van der Waals surface area (Å²) < 4.78 is 9.07. The molecule has 0 bridgehead atoms. The number of hydrogen-bond acceptors (Lipinski definition) is 3. The molecule has 20 heavy (non-hydrogen) atoms. The van der Waals surface area contributed by atoms with Gasteiger partial charge in [0.25, 0.3) is 0 Å². The van der Waals surface area contributed by atoms with Crippen LogP contribution in [0.5, 0.6) is 0 Å². The van der Waals surface area contributed by atoms with Crippen molar-refractivity contribution >= 4 is 17.0 Å². The Labute approximate surface area is 116 Å². The first-order valence-electron chi connectivity index (χ1n) is 6.63. The van der Waals surface area contributed by atoms with Gasteiger partial charge in [-0.15, -0.1) is 4.85 Å². The van der Waals surface area contributed by atoms with E-state index in [1.807, 2.05) is 36.9 Å². The fourth-order valence-corrected chi connectivity index (χ4v) is 2.50. The van der Waals surface area contributed by atoms with Gasteiger partial charge in [0.2, 0.25) is 11.0 Å². The van der Waals surface area contributed by atoms with E-state index in [4.69, 9.17) is 4.74 Å². The molecule has 0 saturated carbocycles. The Morgan fingerprint density at radius 1 is 1.30 bits per heavy atom. The molecule has 2 aromatic rings. The van der Waals surface area contributed by atoms with E-state index in [1.165, 1.54) is 0 Å². The molecule has 1 aliphatic rings. The zero-order valence-electron chi connectivity index (χ0n) is 11.7. The predicted molar refractivity (Wildman–Crippen MR) is 73.6 cm³/mol. The van der Waals surface area contributed by atoms with E-state index in [-0.39, 0.29) is 0 Å². The van der Waals surface area contributed by atoms with Gasteiger partial charge in [0, 0.05) is 0 Å². The van der Waals surface area contributed by atoms with E-state index in [1.54, 1.807) is 10.7 Å². The number of fused-ring (bicyclic) bond motifs is 1. The average Bonchev–Trinajstić information content (AvgIpc) is 2.78. The number of ether oxygens (including phenoxy) is 1. The molecule has 1 saturated heterocycles. The van der Waals surface area contributed by atoms with Gasteiger partial charge in [0.05, 0.1) is 40.4 Å². The van der Waals surface area contributed by atoms with Crippen LogP contribution in [0.1, 0.15) is 0 Å². The zero-order chi connectivity index (χ0) is 14.1. The third kappa shape index (κ3) is 2.09. The first-order chi connectivity index (χ1) is 9.68. The maximum atomic E-state index is 11.9. The van der Waals surface area contributed by atoms with Crippen LogP contribution in [-0.2, 0) is 4.74 Å². The molecule has 1 aromatic carbocycles. The molecule has 0 unspecified atom stereocenters. The number of benzene rings is 1. The minimum absolute atomic E-state index is 0.570. The lowest BCUT2D eigenvalue weighted by Gasteiger charge is -2.23. The summed E-state index contributed by atoms with van der Waals surface area (Å²) in [4.78, 5) is 2.85. The highest BCUT2D eigenvalue weighted by atomic mass is 16.5. The third-order valence-corrected chi connectivity index (χ3v) is 3.37. The summed E-state index contributed by atoms with van der Waals surface area (Å²) in [7, 11) is 3.91. The normalized spacial score (nSPS) is 15.6. The highest BCUT2D eigenvalue weighted by molar-refractivity contribution is 5.86. The van der Waals surface area contributed by atoms with Crippen LogP contribution in [0, 0.1) is 5.21 Å². The summed E-state index contributed by atoms with van der Waals surface area (Å²) in [6, 6.07) is 7.43. The molecular formula is C13H18N5O2+. The van der Waals surface area contributed by atoms with Crippen LogP contribution in [-0.4, -0.2) is 65.7 Å². The number of morpholine rings is 1. The SMILES string of the molecule is C[N+](C)=C(N1CCOCC1)n1n[n+]([O-])c2ccccc21. The number of rotatable bonds is 0. The fourth-order valence-electron chi connectivity index (χ4n) is 2.50. The Kier molecular flexibility index (Phi) is 3.27. The van der Waals surface area contributed by atoms with Gasteiger partial charge in [-0.25, -0.2) is 0 Å². The molecule has 1 aromatic heterocycles. The van der Waals surface area contributed by atoms with E-state index in [0.717, 1.165) is 24.6 Å². The monoisotopic (exact) mass is 276 g/mol. The van der Waals surface area contributed by atoms with Crippen LogP contribution in [0.15, 0.2) is 24.3 Å². The Bertz CT molecular complexity index is 654. The Morgan fingerprint density at radius 3 is 2.70 bits per heavy atom. The van der Waals surface area contributed by atoms with Gasteiger partial charge in [-0.3, -0.25) is 9.48 Å².